The van der Waals surface area contributed by atoms with Gasteiger partial charge in [-0.05, 0) is 45.0 Å². The molecular weight excluding hydrogens is 246 g/mol. The van der Waals surface area contributed by atoms with Gasteiger partial charge in [0.05, 0.1) is 0 Å². The van der Waals surface area contributed by atoms with Crippen LogP contribution in [0.5, 0.6) is 0 Å². The van der Waals surface area contributed by atoms with Gasteiger partial charge in [-0.25, -0.2) is 0 Å². The molecule has 1 aliphatic rings. The van der Waals surface area contributed by atoms with Crippen LogP contribution in [-0.2, 0) is 6.54 Å². The third-order valence-electron chi connectivity index (χ3n) is 4.63. The Morgan fingerprint density at radius 3 is 2.70 bits per heavy atom. The van der Waals surface area contributed by atoms with Crippen molar-refractivity contribution in [3.8, 4) is 0 Å². The van der Waals surface area contributed by atoms with Crippen LogP contribution in [-0.4, -0.2) is 48.6 Å². The highest BCUT2D eigenvalue weighted by atomic mass is 15.3. The van der Waals surface area contributed by atoms with E-state index in [1.165, 1.54) is 31.4 Å². The lowest BCUT2D eigenvalue weighted by Gasteiger charge is -2.48. The average Bonchev–Trinajstić information content (AvgIpc) is 2.48. The maximum absolute atomic E-state index is 6.16. The van der Waals surface area contributed by atoms with E-state index in [1.54, 1.807) is 0 Å². The molecule has 0 bridgehead atoms. The Morgan fingerprint density at radius 2 is 2.05 bits per heavy atom. The minimum absolute atomic E-state index is 0.170. The fourth-order valence-corrected chi connectivity index (χ4v) is 3.39. The van der Waals surface area contributed by atoms with Crippen molar-refractivity contribution in [1.29, 1.82) is 0 Å². The summed E-state index contributed by atoms with van der Waals surface area (Å²) in [6.45, 7) is 7.46. The van der Waals surface area contributed by atoms with Gasteiger partial charge in [-0.2, -0.15) is 0 Å². The second-order valence-electron chi connectivity index (χ2n) is 6.15. The van der Waals surface area contributed by atoms with E-state index in [4.69, 9.17) is 5.73 Å². The zero-order valence-corrected chi connectivity index (χ0v) is 13.0. The van der Waals surface area contributed by atoms with Gasteiger partial charge >= 0.3 is 0 Å². The summed E-state index contributed by atoms with van der Waals surface area (Å²) in [5.74, 6) is 0. The molecule has 1 atom stereocenters. The van der Waals surface area contributed by atoms with Crippen molar-refractivity contribution in [3.05, 3.63) is 35.9 Å². The summed E-state index contributed by atoms with van der Waals surface area (Å²) in [7, 11) is 2.24. The molecule has 0 amide bonds. The molecule has 112 valence electrons. The first-order valence-electron chi connectivity index (χ1n) is 7.88. The summed E-state index contributed by atoms with van der Waals surface area (Å²) in [4.78, 5) is 5.06. The van der Waals surface area contributed by atoms with E-state index in [0.717, 1.165) is 26.2 Å². The number of rotatable bonds is 6. The van der Waals surface area contributed by atoms with Crippen molar-refractivity contribution in [1.82, 2.24) is 9.80 Å². The highest BCUT2D eigenvalue weighted by Crippen LogP contribution is 2.27. The third-order valence-corrected chi connectivity index (χ3v) is 4.63. The molecular formula is C17H29N3. The van der Waals surface area contributed by atoms with Crippen molar-refractivity contribution in [2.45, 2.75) is 38.3 Å². The zero-order chi connectivity index (χ0) is 14.4. The van der Waals surface area contributed by atoms with Crippen LogP contribution in [0, 0.1) is 0 Å². The normalized spacial score (nSPS) is 24.2. The first-order valence-corrected chi connectivity index (χ1v) is 7.88. The Morgan fingerprint density at radius 1 is 1.30 bits per heavy atom. The molecule has 1 aromatic carbocycles. The van der Waals surface area contributed by atoms with E-state index in [0.29, 0.717) is 0 Å². The van der Waals surface area contributed by atoms with E-state index in [2.05, 4.69) is 54.1 Å². The van der Waals surface area contributed by atoms with Crippen LogP contribution in [0.25, 0.3) is 0 Å². The zero-order valence-electron chi connectivity index (χ0n) is 13.0. The summed E-state index contributed by atoms with van der Waals surface area (Å²) < 4.78 is 0. The Labute approximate surface area is 123 Å². The van der Waals surface area contributed by atoms with Crippen LogP contribution in [0.4, 0.5) is 0 Å². The highest BCUT2D eigenvalue weighted by molar-refractivity contribution is 5.15. The van der Waals surface area contributed by atoms with E-state index < -0.39 is 0 Å². The highest BCUT2D eigenvalue weighted by Gasteiger charge is 2.37. The van der Waals surface area contributed by atoms with Crippen molar-refractivity contribution in [2.24, 2.45) is 5.73 Å². The molecule has 1 aromatic rings. The van der Waals surface area contributed by atoms with Gasteiger partial charge in [-0.1, -0.05) is 37.3 Å². The van der Waals surface area contributed by atoms with Crippen LogP contribution in [0.15, 0.2) is 30.3 Å². The number of hydrogen-bond donors (Lipinski definition) is 1. The number of piperidine rings is 1. The number of likely N-dealkylation sites (N-methyl/N-ethyl adjacent to an activating group) is 1. The molecule has 0 radical (unpaired) electrons. The molecule has 1 aliphatic heterocycles. The maximum atomic E-state index is 6.16. The van der Waals surface area contributed by atoms with Crippen LogP contribution in [0.1, 0.15) is 31.7 Å². The van der Waals surface area contributed by atoms with Crippen molar-refractivity contribution in [2.75, 3.05) is 33.2 Å². The van der Waals surface area contributed by atoms with Gasteiger partial charge in [0.25, 0.3) is 0 Å². The predicted molar refractivity (Wildman–Crippen MR) is 85.7 cm³/mol. The van der Waals surface area contributed by atoms with Crippen LogP contribution < -0.4 is 5.73 Å². The average molecular weight is 275 g/mol. The molecule has 2 N–H and O–H groups in total. The summed E-state index contributed by atoms with van der Waals surface area (Å²) in [5, 5.41) is 0. The Balaban J connectivity index is 2.02. The third kappa shape index (κ3) is 3.60. The predicted octanol–water partition coefficient (Wildman–Crippen LogP) is 2.32. The fraction of sp³-hybridized carbons (Fsp3) is 0.647. The largest absolute Gasteiger partial charge is 0.329 e. The van der Waals surface area contributed by atoms with Crippen LogP contribution in [0.3, 0.4) is 0 Å². The second kappa shape index (κ2) is 7.21. The molecule has 1 heterocycles. The molecule has 1 saturated heterocycles. The van der Waals surface area contributed by atoms with Gasteiger partial charge in [0.15, 0.2) is 0 Å². The molecule has 1 unspecified atom stereocenters. The topological polar surface area (TPSA) is 32.5 Å². The molecule has 0 aliphatic carbocycles. The fourth-order valence-electron chi connectivity index (χ4n) is 3.39. The molecule has 0 spiro atoms. The summed E-state index contributed by atoms with van der Waals surface area (Å²) >= 11 is 0. The van der Waals surface area contributed by atoms with Gasteiger partial charge in [0.2, 0.25) is 0 Å². The van der Waals surface area contributed by atoms with Crippen molar-refractivity contribution in [3.63, 3.8) is 0 Å². The molecule has 20 heavy (non-hydrogen) atoms. The minimum Gasteiger partial charge on any atom is -0.329 e. The smallest absolute Gasteiger partial charge is 0.0455 e. The molecule has 2 rings (SSSR count). The second-order valence-corrected chi connectivity index (χ2v) is 6.15. The standard InChI is InChI=1S/C17H29N3/c1-3-11-19(2)17(14-18)10-7-12-20(15-17)13-16-8-5-4-6-9-16/h4-6,8-9H,3,7,10-15,18H2,1-2H3. The lowest BCUT2D eigenvalue weighted by molar-refractivity contribution is 0.0305. The number of likely N-dealkylation sites (tertiary alicyclic amines) is 1. The molecule has 0 aromatic heterocycles. The van der Waals surface area contributed by atoms with E-state index >= 15 is 0 Å². The van der Waals surface area contributed by atoms with Gasteiger partial charge < -0.3 is 5.73 Å². The molecule has 0 saturated carbocycles. The summed E-state index contributed by atoms with van der Waals surface area (Å²) in [6, 6.07) is 10.8. The number of benzene rings is 1. The summed E-state index contributed by atoms with van der Waals surface area (Å²) in [5.41, 5.74) is 7.73. The van der Waals surface area contributed by atoms with Crippen LogP contribution in [0.2, 0.25) is 0 Å². The Hall–Kier alpha value is -0.900. The van der Waals surface area contributed by atoms with E-state index in [9.17, 15) is 0 Å². The lowest BCUT2D eigenvalue weighted by Crippen LogP contribution is -2.61. The first-order chi connectivity index (χ1) is 9.70. The Bertz CT molecular complexity index is 392. The van der Waals surface area contributed by atoms with Gasteiger partial charge in [0.1, 0.15) is 0 Å². The van der Waals surface area contributed by atoms with E-state index in [-0.39, 0.29) is 5.54 Å². The first kappa shape index (κ1) is 15.5. The van der Waals surface area contributed by atoms with Crippen molar-refractivity contribution >= 4 is 0 Å². The monoisotopic (exact) mass is 275 g/mol. The lowest BCUT2D eigenvalue weighted by atomic mass is 9.87. The van der Waals surface area contributed by atoms with Gasteiger partial charge in [0, 0.05) is 25.2 Å². The molecule has 1 fully saturated rings. The Kier molecular flexibility index (Phi) is 5.58. The SMILES string of the molecule is CCCN(C)C1(CN)CCCN(Cc2ccccc2)C1. The number of nitrogens with two attached hydrogens (primary N) is 1. The number of hydrogen-bond acceptors (Lipinski definition) is 3. The summed E-state index contributed by atoms with van der Waals surface area (Å²) in [6.07, 6.45) is 3.67. The van der Waals surface area contributed by atoms with Gasteiger partial charge in [-0.3, -0.25) is 9.80 Å². The quantitative estimate of drug-likeness (QED) is 0.865. The maximum Gasteiger partial charge on any atom is 0.0455 e. The van der Waals surface area contributed by atoms with Crippen molar-refractivity contribution < 1.29 is 0 Å². The molecule has 3 nitrogen and oxygen atoms in total. The minimum atomic E-state index is 0.170. The van der Waals surface area contributed by atoms with Gasteiger partial charge in [-0.15, -0.1) is 0 Å². The van der Waals surface area contributed by atoms with Crippen LogP contribution >= 0.6 is 0 Å². The number of nitrogens with zero attached hydrogens (tertiary/aromatic N) is 2. The van der Waals surface area contributed by atoms with E-state index in [1.807, 2.05) is 0 Å². The molecule has 3 heteroatoms.